The van der Waals surface area contributed by atoms with E-state index in [1.807, 2.05) is 0 Å². The second-order valence-corrected chi connectivity index (χ2v) is 1.69. The van der Waals surface area contributed by atoms with Crippen molar-refractivity contribution in [3.63, 3.8) is 0 Å². The van der Waals surface area contributed by atoms with Crippen molar-refractivity contribution in [2.24, 2.45) is 0 Å². The molecule has 0 aliphatic rings. The molecule has 0 radical (unpaired) electrons. The number of rotatable bonds is 2. The Morgan fingerprint density at radius 1 is 1.00 bits per heavy atom. The molecule has 0 fully saturated rings. The third kappa shape index (κ3) is 4.94. The van der Waals surface area contributed by atoms with Gasteiger partial charge >= 0.3 is 75.1 Å². The van der Waals surface area contributed by atoms with Gasteiger partial charge in [-0.1, -0.05) is 0 Å². The van der Waals surface area contributed by atoms with Crippen molar-refractivity contribution in [3.05, 3.63) is 6.43 Å². The molecule has 1 unspecified atom stereocenters. The molecule has 0 N–H and O–H groups in total. The van der Waals surface area contributed by atoms with Crippen LogP contribution in [0.5, 0.6) is 0 Å². The molecular formula is C4H3ClCsF7. The van der Waals surface area contributed by atoms with Crippen LogP contribution in [-0.4, -0.2) is 18.5 Å². The molecule has 9 heteroatoms. The summed E-state index contributed by atoms with van der Waals surface area (Å²) < 4.78 is 79.1. The molecule has 1 atom stereocenters. The maximum atomic E-state index is 11.9. The van der Waals surface area contributed by atoms with Crippen molar-refractivity contribution < 1.29 is 99.6 Å². The average molecular weight is 352 g/mol. The van der Waals surface area contributed by atoms with E-state index in [2.05, 4.69) is 0 Å². The van der Waals surface area contributed by atoms with E-state index in [0.29, 0.717) is 0 Å². The molecule has 0 spiro atoms. The van der Waals surface area contributed by atoms with E-state index in [4.69, 9.17) is 0 Å². The van der Waals surface area contributed by atoms with E-state index in [9.17, 15) is 30.7 Å². The Labute approximate surface area is 134 Å². The first kappa shape index (κ1) is 20.3. The van der Waals surface area contributed by atoms with Crippen LogP contribution in [0.3, 0.4) is 0 Å². The summed E-state index contributed by atoms with van der Waals surface area (Å²) in [7, 11) is 0. The van der Waals surface area contributed by atoms with E-state index in [-0.39, 0.29) is 81.3 Å². The Balaban J connectivity index is -0.000000500. The van der Waals surface area contributed by atoms with E-state index in [0.717, 1.165) is 0 Å². The van der Waals surface area contributed by atoms with Crippen LogP contribution in [-0.2, 0) is 0 Å². The zero-order valence-corrected chi connectivity index (χ0v) is 13.4. The minimum atomic E-state index is -5.90. The molecule has 0 rings (SSSR count). The minimum Gasteiger partial charge on any atom is -0.417 e. The molecule has 0 aliphatic heterocycles. The zero-order valence-electron chi connectivity index (χ0n) is 6.26. The van der Waals surface area contributed by atoms with Crippen LogP contribution in [0.15, 0.2) is 0 Å². The maximum Gasteiger partial charge on any atom is 1.00 e. The second kappa shape index (κ2) is 7.18. The zero-order chi connectivity index (χ0) is 9.28. The molecule has 0 saturated carbocycles. The molecule has 0 aromatic carbocycles. The Morgan fingerprint density at radius 2 is 1.31 bits per heavy atom. The van der Waals surface area contributed by atoms with Gasteiger partial charge in [0.05, 0.1) is 0 Å². The van der Waals surface area contributed by atoms with Crippen molar-refractivity contribution in [2.75, 3.05) is 6.67 Å². The number of hydrogen-bond acceptors (Lipinski definition) is 0. The first-order valence-corrected chi connectivity index (χ1v) is 2.25. The molecule has 0 heterocycles. The monoisotopic (exact) mass is 352 g/mol. The fourth-order valence-corrected chi connectivity index (χ4v) is 0.233. The van der Waals surface area contributed by atoms with Crippen molar-refractivity contribution in [3.8, 4) is 0 Å². The quantitative estimate of drug-likeness (QED) is 0.488. The van der Waals surface area contributed by atoms with Gasteiger partial charge in [0.2, 0.25) is 0 Å². The number of hydrogen-bond donors (Lipinski definition) is 0. The van der Waals surface area contributed by atoms with Gasteiger partial charge in [0, 0.05) is 6.43 Å². The van der Waals surface area contributed by atoms with Gasteiger partial charge in [0.1, 0.15) is 6.67 Å². The van der Waals surface area contributed by atoms with Crippen molar-refractivity contribution in [1.82, 2.24) is 0 Å². The fraction of sp³-hybridized carbons (Fsp3) is 0.750. The summed E-state index contributed by atoms with van der Waals surface area (Å²) in [6, 6.07) is 0. The SMILES string of the molecule is Cl.FCC(F)([C-](F)F)C(F)(F)F.[Cs+]. The van der Waals surface area contributed by atoms with Gasteiger partial charge in [-0.25, -0.2) is 0 Å². The van der Waals surface area contributed by atoms with Crippen LogP contribution in [0, 0.1) is 6.43 Å². The molecule has 0 aromatic heterocycles. The Kier molecular flexibility index (Phi) is 11.2. The molecule has 0 aromatic rings. The van der Waals surface area contributed by atoms with Gasteiger partial charge in [-0.2, -0.15) is 13.2 Å². The largest absolute Gasteiger partial charge is 1.00 e. The van der Waals surface area contributed by atoms with Gasteiger partial charge in [-0.15, -0.1) is 12.4 Å². The summed E-state index contributed by atoms with van der Waals surface area (Å²) >= 11 is 0. The van der Waals surface area contributed by atoms with Gasteiger partial charge in [-0.3, -0.25) is 8.78 Å². The Bertz CT molecular complexity index is 137. The van der Waals surface area contributed by atoms with Crippen LogP contribution >= 0.6 is 12.4 Å². The Morgan fingerprint density at radius 3 is 1.31 bits per heavy atom. The summed E-state index contributed by atoms with van der Waals surface area (Å²) in [6.45, 7) is -2.81. The normalized spacial score (nSPS) is 15.7. The van der Waals surface area contributed by atoms with Gasteiger partial charge < -0.3 is 8.78 Å². The van der Waals surface area contributed by atoms with Crippen LogP contribution in [0.2, 0.25) is 0 Å². The van der Waals surface area contributed by atoms with Crippen LogP contribution < -0.4 is 68.9 Å². The fourth-order valence-electron chi connectivity index (χ4n) is 0.233. The van der Waals surface area contributed by atoms with E-state index in [1.165, 1.54) is 0 Å². The molecule has 76 valence electrons. The first-order valence-electron chi connectivity index (χ1n) is 2.25. The molecule has 0 aliphatic carbocycles. The summed E-state index contributed by atoms with van der Waals surface area (Å²) in [4.78, 5) is 0. The summed E-state index contributed by atoms with van der Waals surface area (Å²) in [5, 5.41) is 0. The van der Waals surface area contributed by atoms with E-state index < -0.39 is 24.9 Å². The molecule has 0 amide bonds. The molecule has 0 saturated heterocycles. The van der Waals surface area contributed by atoms with Crippen molar-refractivity contribution in [2.45, 2.75) is 11.8 Å². The molecule has 0 nitrogen and oxygen atoms in total. The predicted molar refractivity (Wildman–Crippen MR) is 28.6 cm³/mol. The van der Waals surface area contributed by atoms with E-state index in [1.54, 1.807) is 0 Å². The van der Waals surface area contributed by atoms with E-state index >= 15 is 0 Å². The number of halogens is 8. The van der Waals surface area contributed by atoms with Gasteiger partial charge in [0.25, 0.3) is 0 Å². The minimum absolute atomic E-state index is 0. The third-order valence-corrected chi connectivity index (χ3v) is 0.933. The predicted octanol–water partition coefficient (Wildman–Crippen LogP) is 0.0808. The van der Waals surface area contributed by atoms with Crippen LogP contribution in [0.4, 0.5) is 30.7 Å². The third-order valence-electron chi connectivity index (χ3n) is 0.933. The molecular weight excluding hydrogens is 349 g/mol. The average Bonchev–Trinajstić information content (AvgIpc) is 1.83. The topological polar surface area (TPSA) is 0 Å². The summed E-state index contributed by atoms with van der Waals surface area (Å²) in [5.41, 5.74) is -5.10. The smallest absolute Gasteiger partial charge is 0.417 e. The summed E-state index contributed by atoms with van der Waals surface area (Å²) in [6.07, 6.45) is -9.52. The van der Waals surface area contributed by atoms with Crippen molar-refractivity contribution >= 4 is 12.4 Å². The Hall–Kier alpha value is 1.85. The van der Waals surface area contributed by atoms with Crippen molar-refractivity contribution in [1.29, 1.82) is 0 Å². The van der Waals surface area contributed by atoms with Crippen LogP contribution in [0.1, 0.15) is 0 Å². The van der Waals surface area contributed by atoms with Gasteiger partial charge in [0.15, 0.2) is 5.67 Å². The second-order valence-electron chi connectivity index (χ2n) is 1.69. The summed E-state index contributed by atoms with van der Waals surface area (Å²) in [5.74, 6) is 0. The van der Waals surface area contributed by atoms with Crippen LogP contribution in [0.25, 0.3) is 0 Å². The first-order chi connectivity index (χ1) is 4.75. The molecule has 0 bridgehead atoms. The molecule has 13 heavy (non-hydrogen) atoms. The standard InChI is InChI=1S/C4H2F7.ClH.Cs/c5-1-3(8,2(6)7)4(9,10)11;;/h1H2;1H;/q-1;;+1. The number of alkyl halides is 5. The van der Waals surface area contributed by atoms with Gasteiger partial charge in [-0.05, 0) is 0 Å². The maximum absolute atomic E-state index is 11.9.